The van der Waals surface area contributed by atoms with Gasteiger partial charge in [-0.1, -0.05) is 0 Å². The number of hydrogen-bond acceptors (Lipinski definition) is 5. The average Bonchev–Trinajstić information content (AvgIpc) is 2.88. The Hall–Kier alpha value is -1.89. The zero-order chi connectivity index (χ0) is 12.3. The second kappa shape index (κ2) is 4.96. The Morgan fingerprint density at radius 2 is 2.41 bits per heavy atom. The summed E-state index contributed by atoms with van der Waals surface area (Å²) in [6, 6.07) is 3.75. The predicted octanol–water partition coefficient (Wildman–Crippen LogP) is 0.729. The number of H-pyrrole nitrogens is 1. The first-order valence-corrected chi connectivity index (χ1v) is 5.98. The highest BCUT2D eigenvalue weighted by molar-refractivity contribution is 7.13. The Morgan fingerprint density at radius 3 is 3.00 bits per heavy atom. The number of thiophene rings is 1. The van der Waals surface area contributed by atoms with E-state index in [-0.39, 0.29) is 11.9 Å². The van der Waals surface area contributed by atoms with Crippen LogP contribution in [-0.2, 0) is 6.42 Å². The number of amides is 1. The third-order valence-corrected chi connectivity index (χ3v) is 3.16. The van der Waals surface area contributed by atoms with E-state index in [1.165, 1.54) is 11.3 Å². The van der Waals surface area contributed by atoms with Crippen LogP contribution in [0.15, 0.2) is 12.1 Å². The van der Waals surface area contributed by atoms with Gasteiger partial charge in [0.05, 0.1) is 4.88 Å². The summed E-state index contributed by atoms with van der Waals surface area (Å²) in [6.07, 6.45) is 0.584. The third-order valence-electron chi connectivity index (χ3n) is 2.16. The van der Waals surface area contributed by atoms with E-state index in [9.17, 15) is 4.79 Å². The molecule has 1 amide bonds. The smallest absolute Gasteiger partial charge is 0.261 e. The number of nitrogens with one attached hydrogen (secondary N) is 2. The lowest BCUT2D eigenvalue weighted by Gasteiger charge is -2.00. The number of carbonyl (C=O) groups is 1. The lowest BCUT2D eigenvalue weighted by atomic mass is 10.3. The molecule has 2 rings (SSSR count). The van der Waals surface area contributed by atoms with Crippen LogP contribution in [0.4, 0.5) is 5.95 Å². The zero-order valence-electron chi connectivity index (χ0n) is 9.36. The van der Waals surface area contributed by atoms with Crippen LogP contribution in [0.2, 0.25) is 0 Å². The summed E-state index contributed by atoms with van der Waals surface area (Å²) in [4.78, 5) is 17.5. The van der Waals surface area contributed by atoms with E-state index >= 15 is 0 Å². The molecule has 0 aliphatic heterocycles. The highest BCUT2D eigenvalue weighted by Crippen LogP contribution is 2.14. The van der Waals surface area contributed by atoms with Gasteiger partial charge in [-0.15, -0.1) is 16.4 Å². The van der Waals surface area contributed by atoms with Gasteiger partial charge in [0.25, 0.3) is 5.91 Å². The first-order chi connectivity index (χ1) is 8.15. The van der Waals surface area contributed by atoms with Gasteiger partial charge >= 0.3 is 0 Å². The zero-order valence-corrected chi connectivity index (χ0v) is 10.2. The highest BCUT2D eigenvalue weighted by Gasteiger charge is 2.07. The lowest BCUT2D eigenvalue weighted by molar-refractivity contribution is 0.0958. The standard InChI is InChI=1S/C10H13N5OS/c1-6-2-3-7(17-6)9(16)12-5-4-8-13-10(11)15-14-8/h2-3H,4-5H2,1H3,(H,12,16)(H3,11,13,14,15). The molecule has 0 saturated carbocycles. The fourth-order valence-corrected chi connectivity index (χ4v) is 2.14. The Labute approximate surface area is 102 Å². The van der Waals surface area contributed by atoms with Crippen molar-refractivity contribution in [2.75, 3.05) is 12.3 Å². The molecule has 0 aliphatic carbocycles. The molecule has 0 saturated heterocycles. The predicted molar refractivity (Wildman–Crippen MR) is 65.9 cm³/mol. The molecule has 2 aromatic rings. The molecule has 17 heavy (non-hydrogen) atoms. The van der Waals surface area contributed by atoms with Crippen LogP contribution >= 0.6 is 11.3 Å². The Morgan fingerprint density at radius 1 is 1.59 bits per heavy atom. The number of anilines is 1. The fraction of sp³-hybridized carbons (Fsp3) is 0.300. The molecule has 0 bridgehead atoms. The van der Waals surface area contributed by atoms with E-state index in [0.717, 1.165) is 9.75 Å². The van der Waals surface area contributed by atoms with Gasteiger partial charge < -0.3 is 11.1 Å². The van der Waals surface area contributed by atoms with Gasteiger partial charge in [-0.25, -0.2) is 0 Å². The van der Waals surface area contributed by atoms with Crippen LogP contribution in [0.25, 0.3) is 0 Å². The monoisotopic (exact) mass is 251 g/mol. The Balaban J connectivity index is 1.81. The fourth-order valence-electron chi connectivity index (χ4n) is 1.36. The van der Waals surface area contributed by atoms with Gasteiger partial charge in [0.2, 0.25) is 5.95 Å². The Bertz CT molecular complexity index is 518. The van der Waals surface area contributed by atoms with E-state index in [0.29, 0.717) is 18.8 Å². The highest BCUT2D eigenvalue weighted by atomic mass is 32.1. The van der Waals surface area contributed by atoms with Crippen LogP contribution < -0.4 is 11.1 Å². The number of nitrogens with two attached hydrogens (primary N) is 1. The molecule has 2 aromatic heterocycles. The topological polar surface area (TPSA) is 96.7 Å². The van der Waals surface area contributed by atoms with Crippen molar-refractivity contribution >= 4 is 23.2 Å². The SMILES string of the molecule is Cc1ccc(C(=O)NCCc2nc(N)n[nH]2)s1. The van der Waals surface area contributed by atoms with Crippen molar-refractivity contribution in [2.45, 2.75) is 13.3 Å². The molecule has 0 aliphatic rings. The lowest BCUT2D eigenvalue weighted by Crippen LogP contribution is -2.25. The van der Waals surface area contributed by atoms with Gasteiger partial charge in [-0.05, 0) is 19.1 Å². The average molecular weight is 251 g/mol. The second-order valence-corrected chi connectivity index (χ2v) is 4.84. The minimum Gasteiger partial charge on any atom is -0.367 e. The number of nitrogens with zero attached hydrogens (tertiary/aromatic N) is 2. The van der Waals surface area contributed by atoms with E-state index in [1.807, 2.05) is 19.1 Å². The van der Waals surface area contributed by atoms with E-state index in [2.05, 4.69) is 20.5 Å². The summed E-state index contributed by atoms with van der Waals surface area (Å²) in [6.45, 7) is 2.48. The maximum absolute atomic E-state index is 11.7. The first kappa shape index (κ1) is 11.6. The minimum atomic E-state index is -0.0596. The van der Waals surface area contributed by atoms with Crippen LogP contribution in [0, 0.1) is 6.92 Å². The van der Waals surface area contributed by atoms with Crippen molar-refractivity contribution in [3.05, 3.63) is 27.7 Å². The summed E-state index contributed by atoms with van der Waals surface area (Å²) in [7, 11) is 0. The number of aromatic amines is 1. The number of hydrogen-bond donors (Lipinski definition) is 3. The number of aromatic nitrogens is 3. The third kappa shape index (κ3) is 3.04. The van der Waals surface area contributed by atoms with Gasteiger partial charge in [-0.2, -0.15) is 4.98 Å². The van der Waals surface area contributed by atoms with Crippen LogP contribution in [0.3, 0.4) is 0 Å². The molecule has 4 N–H and O–H groups in total. The van der Waals surface area contributed by atoms with E-state index in [4.69, 9.17) is 5.73 Å². The molecule has 6 nitrogen and oxygen atoms in total. The molecule has 0 fully saturated rings. The van der Waals surface area contributed by atoms with Crippen molar-refractivity contribution in [1.29, 1.82) is 0 Å². The Kier molecular flexibility index (Phi) is 3.38. The molecule has 0 spiro atoms. The van der Waals surface area contributed by atoms with E-state index in [1.54, 1.807) is 0 Å². The number of nitrogen functional groups attached to an aromatic ring is 1. The summed E-state index contributed by atoms with van der Waals surface area (Å²) >= 11 is 1.48. The largest absolute Gasteiger partial charge is 0.367 e. The maximum Gasteiger partial charge on any atom is 0.261 e. The number of carbonyl (C=O) groups excluding carboxylic acids is 1. The molecule has 0 unspecified atom stereocenters. The van der Waals surface area contributed by atoms with E-state index < -0.39 is 0 Å². The van der Waals surface area contributed by atoms with Crippen LogP contribution in [0.5, 0.6) is 0 Å². The molecule has 0 aromatic carbocycles. The van der Waals surface area contributed by atoms with Crippen molar-refractivity contribution < 1.29 is 4.79 Å². The van der Waals surface area contributed by atoms with Gasteiger partial charge in [0.1, 0.15) is 5.82 Å². The summed E-state index contributed by atoms with van der Waals surface area (Å²) < 4.78 is 0. The van der Waals surface area contributed by atoms with Crippen LogP contribution in [-0.4, -0.2) is 27.6 Å². The van der Waals surface area contributed by atoms with Crippen molar-refractivity contribution in [3.8, 4) is 0 Å². The van der Waals surface area contributed by atoms with Gasteiger partial charge in [0.15, 0.2) is 0 Å². The minimum absolute atomic E-state index is 0.0596. The molecule has 7 heteroatoms. The van der Waals surface area contributed by atoms with Crippen molar-refractivity contribution in [2.24, 2.45) is 0 Å². The molecular weight excluding hydrogens is 238 g/mol. The van der Waals surface area contributed by atoms with Gasteiger partial charge in [0, 0.05) is 17.8 Å². The molecular formula is C10H13N5OS. The maximum atomic E-state index is 11.7. The summed E-state index contributed by atoms with van der Waals surface area (Å²) in [5.41, 5.74) is 5.36. The quantitative estimate of drug-likeness (QED) is 0.746. The normalized spacial score (nSPS) is 10.4. The molecule has 0 radical (unpaired) electrons. The molecule has 0 atom stereocenters. The summed E-state index contributed by atoms with van der Waals surface area (Å²) in [5, 5.41) is 9.21. The van der Waals surface area contributed by atoms with Crippen LogP contribution in [0.1, 0.15) is 20.4 Å². The summed E-state index contributed by atoms with van der Waals surface area (Å²) in [5.74, 6) is 0.834. The van der Waals surface area contributed by atoms with Gasteiger partial charge in [-0.3, -0.25) is 9.89 Å². The first-order valence-electron chi connectivity index (χ1n) is 5.16. The molecule has 2 heterocycles. The second-order valence-electron chi connectivity index (χ2n) is 3.56. The van der Waals surface area contributed by atoms with Crippen molar-refractivity contribution in [3.63, 3.8) is 0 Å². The number of aryl methyl sites for hydroxylation is 1. The molecule has 90 valence electrons. The number of rotatable bonds is 4. The van der Waals surface area contributed by atoms with Crippen molar-refractivity contribution in [1.82, 2.24) is 20.5 Å².